The van der Waals surface area contributed by atoms with Crippen molar-refractivity contribution in [1.29, 1.82) is 0 Å². The van der Waals surface area contributed by atoms with Crippen molar-refractivity contribution in [2.45, 2.75) is 19.3 Å². The Labute approximate surface area is 86.5 Å². The largest absolute Gasteiger partial charge is 0.466 e. The van der Waals surface area contributed by atoms with Gasteiger partial charge < -0.3 is 9.72 Å². The summed E-state index contributed by atoms with van der Waals surface area (Å²) in [7, 11) is 0. The summed E-state index contributed by atoms with van der Waals surface area (Å²) < 4.78 is 4.90. The van der Waals surface area contributed by atoms with E-state index in [1.807, 2.05) is 0 Å². The van der Waals surface area contributed by atoms with Gasteiger partial charge in [0, 0.05) is 12.1 Å². The molecule has 2 rings (SSSR count). The molecule has 5 heteroatoms. The molecule has 1 N–H and O–H groups in total. The van der Waals surface area contributed by atoms with Gasteiger partial charge in [0.2, 0.25) is 0 Å². The molecule has 1 heterocycles. The Kier molecular flexibility index (Phi) is 2.53. The summed E-state index contributed by atoms with van der Waals surface area (Å²) in [5.74, 6) is -0.139. The van der Waals surface area contributed by atoms with Crippen LogP contribution in [0.25, 0.3) is 0 Å². The first-order valence-electron chi connectivity index (χ1n) is 4.93. The normalized spacial score (nSPS) is 23.5. The Balaban J connectivity index is 2.01. The average molecular weight is 208 g/mol. The third kappa shape index (κ3) is 2.06. The number of nitrogens with one attached hydrogen (secondary N) is 1. The standard InChI is InChI=1S/C10H12N2O3/c1-2-15-10(14)7-3-6(7)8-4-12-9(13)5-11-8/h4-7H,2-3H2,1H3,(H,12,13)/t6-,7-/m0/s1. The molecule has 0 saturated heterocycles. The summed E-state index contributed by atoms with van der Waals surface area (Å²) in [6.45, 7) is 2.19. The lowest BCUT2D eigenvalue weighted by Crippen LogP contribution is -2.09. The second-order valence-electron chi connectivity index (χ2n) is 3.54. The summed E-state index contributed by atoms with van der Waals surface area (Å²) in [4.78, 5) is 28.6. The fourth-order valence-corrected chi connectivity index (χ4v) is 1.59. The Morgan fingerprint density at radius 2 is 2.53 bits per heavy atom. The van der Waals surface area contributed by atoms with E-state index in [1.165, 1.54) is 6.20 Å². The minimum absolute atomic E-state index is 0.0802. The first kappa shape index (κ1) is 9.89. The van der Waals surface area contributed by atoms with Crippen LogP contribution in [0.15, 0.2) is 17.2 Å². The first-order chi connectivity index (χ1) is 7.22. The van der Waals surface area contributed by atoms with Crippen molar-refractivity contribution in [3.05, 3.63) is 28.4 Å². The number of carbonyl (C=O) groups is 1. The molecule has 0 spiro atoms. The van der Waals surface area contributed by atoms with Crippen molar-refractivity contribution in [2.75, 3.05) is 6.61 Å². The molecule has 1 fully saturated rings. The van der Waals surface area contributed by atoms with Gasteiger partial charge in [-0.05, 0) is 13.3 Å². The Hall–Kier alpha value is -1.65. The molecule has 1 aliphatic rings. The molecule has 0 amide bonds. The fraction of sp³-hybridized carbons (Fsp3) is 0.500. The van der Waals surface area contributed by atoms with Crippen LogP contribution in [0, 0.1) is 5.92 Å². The highest BCUT2D eigenvalue weighted by molar-refractivity contribution is 5.77. The van der Waals surface area contributed by atoms with Gasteiger partial charge in [0.25, 0.3) is 5.56 Å². The van der Waals surface area contributed by atoms with Gasteiger partial charge in [-0.3, -0.25) is 14.6 Å². The average Bonchev–Trinajstić information content (AvgIpc) is 2.99. The van der Waals surface area contributed by atoms with Gasteiger partial charge >= 0.3 is 5.97 Å². The zero-order chi connectivity index (χ0) is 10.8. The highest BCUT2D eigenvalue weighted by Gasteiger charge is 2.46. The molecule has 0 unspecified atom stereocenters. The number of esters is 1. The van der Waals surface area contributed by atoms with Crippen molar-refractivity contribution >= 4 is 5.97 Å². The quantitative estimate of drug-likeness (QED) is 0.731. The van der Waals surface area contributed by atoms with E-state index < -0.39 is 0 Å². The second kappa shape index (κ2) is 3.84. The Morgan fingerprint density at radius 3 is 3.13 bits per heavy atom. The molecule has 5 nitrogen and oxygen atoms in total. The lowest BCUT2D eigenvalue weighted by molar-refractivity contribution is -0.144. The third-order valence-corrected chi connectivity index (χ3v) is 2.45. The predicted molar refractivity (Wildman–Crippen MR) is 52.3 cm³/mol. The second-order valence-corrected chi connectivity index (χ2v) is 3.54. The maximum absolute atomic E-state index is 11.3. The van der Waals surface area contributed by atoms with Crippen LogP contribution >= 0.6 is 0 Å². The van der Waals surface area contributed by atoms with Gasteiger partial charge in [-0.15, -0.1) is 0 Å². The number of aromatic amines is 1. The first-order valence-corrected chi connectivity index (χ1v) is 4.93. The maximum Gasteiger partial charge on any atom is 0.309 e. The molecular weight excluding hydrogens is 196 g/mol. The molecule has 80 valence electrons. The molecule has 0 aliphatic heterocycles. The lowest BCUT2D eigenvalue weighted by Gasteiger charge is -1.99. The zero-order valence-electron chi connectivity index (χ0n) is 8.40. The molecule has 1 aromatic rings. The molecule has 2 atom stereocenters. The van der Waals surface area contributed by atoms with E-state index in [1.54, 1.807) is 13.1 Å². The molecule has 1 saturated carbocycles. The van der Waals surface area contributed by atoms with Crippen molar-refractivity contribution in [3.8, 4) is 0 Å². The fourth-order valence-electron chi connectivity index (χ4n) is 1.59. The minimum atomic E-state index is -0.230. The predicted octanol–water partition coefficient (Wildman–Crippen LogP) is 0.436. The SMILES string of the molecule is CCOC(=O)[C@H]1C[C@@H]1c1c[nH]c(=O)cn1. The number of rotatable bonds is 3. The van der Waals surface area contributed by atoms with Crippen LogP contribution < -0.4 is 5.56 Å². The van der Waals surface area contributed by atoms with Crippen LogP contribution in [0.3, 0.4) is 0 Å². The number of hydrogen-bond donors (Lipinski definition) is 1. The zero-order valence-corrected chi connectivity index (χ0v) is 8.40. The third-order valence-electron chi connectivity index (χ3n) is 2.45. The minimum Gasteiger partial charge on any atom is -0.466 e. The van der Waals surface area contributed by atoms with Crippen LogP contribution in [0.1, 0.15) is 25.0 Å². The van der Waals surface area contributed by atoms with Crippen molar-refractivity contribution in [1.82, 2.24) is 9.97 Å². The highest BCUT2D eigenvalue weighted by atomic mass is 16.5. The summed E-state index contributed by atoms with van der Waals surface area (Å²) in [5.41, 5.74) is 0.528. The van der Waals surface area contributed by atoms with E-state index in [4.69, 9.17) is 4.74 Å². The van der Waals surface area contributed by atoms with Crippen LogP contribution in [-0.4, -0.2) is 22.5 Å². The Bertz CT molecular complexity index is 406. The Morgan fingerprint density at radius 1 is 1.73 bits per heavy atom. The topological polar surface area (TPSA) is 72.1 Å². The molecule has 1 aliphatic carbocycles. The summed E-state index contributed by atoms with van der Waals surface area (Å²) >= 11 is 0. The summed E-state index contributed by atoms with van der Waals surface area (Å²) in [6.07, 6.45) is 3.56. The van der Waals surface area contributed by atoms with Crippen molar-refractivity contribution < 1.29 is 9.53 Å². The number of H-pyrrole nitrogens is 1. The molecule has 0 radical (unpaired) electrons. The van der Waals surface area contributed by atoms with E-state index in [9.17, 15) is 9.59 Å². The van der Waals surface area contributed by atoms with Crippen molar-refractivity contribution in [3.63, 3.8) is 0 Å². The molecular formula is C10H12N2O3. The molecule has 15 heavy (non-hydrogen) atoms. The van der Waals surface area contributed by atoms with Gasteiger partial charge in [0.05, 0.1) is 24.4 Å². The van der Waals surface area contributed by atoms with E-state index in [0.717, 1.165) is 12.1 Å². The van der Waals surface area contributed by atoms with Gasteiger partial charge in [-0.1, -0.05) is 0 Å². The monoisotopic (exact) mass is 208 g/mol. The maximum atomic E-state index is 11.3. The van der Waals surface area contributed by atoms with Crippen LogP contribution in [0.4, 0.5) is 0 Å². The van der Waals surface area contributed by atoms with Gasteiger partial charge in [-0.25, -0.2) is 0 Å². The number of hydrogen-bond acceptors (Lipinski definition) is 4. The number of nitrogens with zero attached hydrogens (tertiary/aromatic N) is 1. The molecule has 0 aromatic carbocycles. The number of carbonyl (C=O) groups excluding carboxylic acids is 1. The highest BCUT2D eigenvalue weighted by Crippen LogP contribution is 2.46. The lowest BCUT2D eigenvalue weighted by atomic mass is 10.2. The molecule has 0 bridgehead atoms. The summed E-state index contributed by atoms with van der Waals surface area (Å²) in [5, 5.41) is 0. The van der Waals surface area contributed by atoms with Crippen molar-refractivity contribution in [2.24, 2.45) is 5.92 Å². The number of aromatic nitrogens is 2. The van der Waals surface area contributed by atoms with E-state index >= 15 is 0 Å². The summed E-state index contributed by atoms with van der Waals surface area (Å²) in [6, 6.07) is 0. The van der Waals surface area contributed by atoms with Gasteiger partial charge in [-0.2, -0.15) is 0 Å². The molecule has 1 aromatic heterocycles. The van der Waals surface area contributed by atoms with Gasteiger partial charge in [0.1, 0.15) is 0 Å². The smallest absolute Gasteiger partial charge is 0.309 e. The van der Waals surface area contributed by atoms with E-state index in [2.05, 4.69) is 9.97 Å². The van der Waals surface area contributed by atoms with Crippen LogP contribution in [0.2, 0.25) is 0 Å². The van der Waals surface area contributed by atoms with E-state index in [0.29, 0.717) is 6.61 Å². The van der Waals surface area contributed by atoms with Gasteiger partial charge in [0.15, 0.2) is 0 Å². The van der Waals surface area contributed by atoms with E-state index in [-0.39, 0.29) is 23.4 Å². The number of ether oxygens (including phenoxy) is 1. The van der Waals surface area contributed by atoms with Crippen LogP contribution in [-0.2, 0) is 9.53 Å². The van der Waals surface area contributed by atoms with Crippen LogP contribution in [0.5, 0.6) is 0 Å².